The zero-order valence-electron chi connectivity index (χ0n) is 14.4. The molecule has 26 heavy (non-hydrogen) atoms. The van der Waals surface area contributed by atoms with Crippen LogP contribution in [0.25, 0.3) is 11.4 Å². The molecule has 2 heterocycles. The van der Waals surface area contributed by atoms with E-state index in [4.69, 9.17) is 9.47 Å². The van der Waals surface area contributed by atoms with Crippen LogP contribution in [0.15, 0.2) is 18.2 Å². The lowest BCUT2D eigenvalue weighted by Crippen LogP contribution is -2.38. The molecule has 2 aromatic rings. The number of methoxy groups -OCH3 is 2. The van der Waals surface area contributed by atoms with Crippen LogP contribution in [0.5, 0.6) is 11.5 Å². The molecule has 1 aliphatic heterocycles. The molecule has 1 aromatic heterocycles. The molecule has 1 N–H and O–H groups in total. The number of nitrogens with zero attached hydrogens (tertiary/aromatic N) is 4. The molecule has 1 aromatic carbocycles. The number of benzene rings is 1. The van der Waals surface area contributed by atoms with Crippen LogP contribution >= 0.6 is 0 Å². The number of ether oxygens (including phenoxy) is 2. The molecule has 10 nitrogen and oxygen atoms in total. The predicted octanol–water partition coefficient (Wildman–Crippen LogP) is -0.339. The predicted molar refractivity (Wildman–Crippen MR) is 91.6 cm³/mol. The summed E-state index contributed by atoms with van der Waals surface area (Å²) in [6.07, 6.45) is 0.426. The molecule has 0 bridgehead atoms. The SMILES string of the molecule is COc1ccc(-c2nnn(CC(=O)N[C@H]3CCS(=O)(=O)C3)n2)cc1OC. The topological polar surface area (TPSA) is 125 Å². The summed E-state index contributed by atoms with van der Waals surface area (Å²) in [5.74, 6) is 1.16. The highest BCUT2D eigenvalue weighted by atomic mass is 32.2. The highest BCUT2D eigenvalue weighted by Crippen LogP contribution is 2.30. The molecule has 11 heteroatoms. The molecule has 140 valence electrons. The van der Waals surface area contributed by atoms with Gasteiger partial charge in [-0.1, -0.05) is 0 Å². The van der Waals surface area contributed by atoms with Gasteiger partial charge in [0.05, 0.1) is 25.7 Å². The van der Waals surface area contributed by atoms with Gasteiger partial charge in [0.15, 0.2) is 21.3 Å². The quantitative estimate of drug-likeness (QED) is 0.720. The van der Waals surface area contributed by atoms with Crippen molar-refractivity contribution in [3.63, 3.8) is 0 Å². The summed E-state index contributed by atoms with van der Waals surface area (Å²) in [7, 11) is 0.0237. The maximum atomic E-state index is 12.0. The number of tetrazole rings is 1. The van der Waals surface area contributed by atoms with Crippen LogP contribution < -0.4 is 14.8 Å². The first-order chi connectivity index (χ1) is 12.4. The monoisotopic (exact) mass is 381 g/mol. The lowest BCUT2D eigenvalue weighted by molar-refractivity contribution is -0.122. The van der Waals surface area contributed by atoms with Gasteiger partial charge in [-0.25, -0.2) is 8.42 Å². The number of carbonyl (C=O) groups is 1. The van der Waals surface area contributed by atoms with Crippen molar-refractivity contribution in [2.75, 3.05) is 25.7 Å². The normalized spacial score (nSPS) is 18.5. The Hall–Kier alpha value is -2.69. The van der Waals surface area contributed by atoms with E-state index < -0.39 is 9.84 Å². The maximum absolute atomic E-state index is 12.0. The van der Waals surface area contributed by atoms with E-state index in [1.807, 2.05) is 0 Å². The van der Waals surface area contributed by atoms with Crippen LogP contribution in [0.2, 0.25) is 0 Å². The molecule has 0 unspecified atom stereocenters. The van der Waals surface area contributed by atoms with E-state index in [0.717, 1.165) is 4.80 Å². The molecule has 1 saturated heterocycles. The lowest BCUT2D eigenvalue weighted by Gasteiger charge is -2.09. The van der Waals surface area contributed by atoms with Gasteiger partial charge in [-0.15, -0.1) is 10.2 Å². The molecular weight excluding hydrogens is 362 g/mol. The van der Waals surface area contributed by atoms with E-state index in [0.29, 0.717) is 29.3 Å². The van der Waals surface area contributed by atoms with Gasteiger partial charge in [-0.3, -0.25) is 4.79 Å². The summed E-state index contributed by atoms with van der Waals surface area (Å²) < 4.78 is 33.3. The van der Waals surface area contributed by atoms with Gasteiger partial charge < -0.3 is 14.8 Å². The van der Waals surface area contributed by atoms with E-state index in [-0.39, 0.29) is 30.0 Å². The Balaban J connectivity index is 1.65. The second-order valence-electron chi connectivity index (χ2n) is 5.88. The number of carbonyl (C=O) groups excluding carboxylic acids is 1. The minimum absolute atomic E-state index is 0.0274. The first-order valence-electron chi connectivity index (χ1n) is 7.90. The maximum Gasteiger partial charge on any atom is 0.243 e. The van der Waals surface area contributed by atoms with Crippen molar-refractivity contribution in [3.05, 3.63) is 18.2 Å². The van der Waals surface area contributed by atoms with E-state index in [1.54, 1.807) is 25.3 Å². The summed E-state index contributed by atoms with van der Waals surface area (Å²) in [5.41, 5.74) is 0.663. The third-order valence-electron chi connectivity index (χ3n) is 3.98. The van der Waals surface area contributed by atoms with Gasteiger partial charge in [0, 0.05) is 11.6 Å². The summed E-state index contributed by atoms with van der Waals surface area (Å²) in [6.45, 7) is -0.142. The van der Waals surface area contributed by atoms with Gasteiger partial charge in [0.25, 0.3) is 0 Å². The third-order valence-corrected chi connectivity index (χ3v) is 5.75. The average molecular weight is 381 g/mol. The van der Waals surface area contributed by atoms with Crippen LogP contribution in [0.3, 0.4) is 0 Å². The number of amides is 1. The van der Waals surface area contributed by atoms with Crippen molar-refractivity contribution < 1.29 is 22.7 Å². The summed E-state index contributed by atoms with van der Waals surface area (Å²) in [6, 6.07) is 4.83. The molecule has 0 saturated carbocycles. The van der Waals surface area contributed by atoms with E-state index in [9.17, 15) is 13.2 Å². The van der Waals surface area contributed by atoms with Crippen molar-refractivity contribution in [1.29, 1.82) is 0 Å². The summed E-state index contributed by atoms with van der Waals surface area (Å²) in [4.78, 5) is 13.2. The number of hydrogen-bond donors (Lipinski definition) is 1. The molecule has 1 amide bonds. The fraction of sp³-hybridized carbons (Fsp3) is 0.467. The molecule has 1 fully saturated rings. The Bertz CT molecular complexity index is 911. The Morgan fingerprint density at radius 2 is 2.08 bits per heavy atom. The van der Waals surface area contributed by atoms with E-state index in [1.165, 1.54) is 7.11 Å². The molecule has 0 spiro atoms. The second kappa shape index (κ2) is 7.28. The minimum Gasteiger partial charge on any atom is -0.493 e. The Labute approximate surface area is 150 Å². The van der Waals surface area contributed by atoms with Crippen molar-refractivity contribution in [2.45, 2.75) is 19.0 Å². The smallest absolute Gasteiger partial charge is 0.243 e. The highest BCUT2D eigenvalue weighted by molar-refractivity contribution is 7.91. The number of nitrogens with one attached hydrogen (secondary N) is 1. The largest absolute Gasteiger partial charge is 0.493 e. The van der Waals surface area contributed by atoms with Gasteiger partial charge >= 0.3 is 0 Å². The van der Waals surface area contributed by atoms with Crippen LogP contribution in [-0.2, 0) is 21.2 Å². The molecule has 0 aliphatic carbocycles. The Morgan fingerprint density at radius 3 is 2.73 bits per heavy atom. The molecular formula is C15H19N5O5S. The van der Waals surface area contributed by atoms with E-state index >= 15 is 0 Å². The fourth-order valence-corrected chi connectivity index (χ4v) is 4.39. The van der Waals surface area contributed by atoms with E-state index in [2.05, 4.69) is 20.7 Å². The Morgan fingerprint density at radius 1 is 1.31 bits per heavy atom. The number of hydrogen-bond acceptors (Lipinski definition) is 8. The first-order valence-corrected chi connectivity index (χ1v) is 9.72. The van der Waals surface area contributed by atoms with Gasteiger partial charge in [-0.2, -0.15) is 4.80 Å². The number of rotatable bonds is 6. The molecule has 0 radical (unpaired) electrons. The van der Waals surface area contributed by atoms with Crippen molar-refractivity contribution in [1.82, 2.24) is 25.5 Å². The third kappa shape index (κ3) is 4.10. The molecule has 1 aliphatic rings. The van der Waals surface area contributed by atoms with Crippen LogP contribution in [-0.4, -0.2) is 66.3 Å². The second-order valence-corrected chi connectivity index (χ2v) is 8.11. The fourth-order valence-electron chi connectivity index (χ4n) is 2.71. The van der Waals surface area contributed by atoms with Crippen LogP contribution in [0, 0.1) is 0 Å². The van der Waals surface area contributed by atoms with Crippen LogP contribution in [0.1, 0.15) is 6.42 Å². The van der Waals surface area contributed by atoms with Crippen molar-refractivity contribution in [3.8, 4) is 22.9 Å². The number of sulfone groups is 1. The van der Waals surface area contributed by atoms with Gasteiger partial charge in [0.2, 0.25) is 11.7 Å². The average Bonchev–Trinajstić information content (AvgIpc) is 3.20. The molecule has 1 atom stereocenters. The highest BCUT2D eigenvalue weighted by Gasteiger charge is 2.29. The van der Waals surface area contributed by atoms with Crippen LogP contribution in [0.4, 0.5) is 0 Å². The number of aromatic nitrogens is 4. The lowest BCUT2D eigenvalue weighted by atomic mass is 10.2. The summed E-state index contributed by atoms with van der Waals surface area (Å²) in [5, 5.41) is 14.6. The zero-order valence-corrected chi connectivity index (χ0v) is 15.2. The van der Waals surface area contributed by atoms with Crippen molar-refractivity contribution >= 4 is 15.7 Å². The Kier molecular flexibility index (Phi) is 5.07. The van der Waals surface area contributed by atoms with Gasteiger partial charge in [-0.05, 0) is 29.8 Å². The first kappa shape index (κ1) is 18.1. The minimum atomic E-state index is -3.05. The zero-order chi connectivity index (χ0) is 18.7. The van der Waals surface area contributed by atoms with Crippen molar-refractivity contribution in [2.24, 2.45) is 0 Å². The van der Waals surface area contributed by atoms with Gasteiger partial charge in [0.1, 0.15) is 6.54 Å². The molecule has 3 rings (SSSR count). The standard InChI is InChI=1S/C15H19N5O5S/c1-24-12-4-3-10(7-13(12)25-2)15-17-19-20(18-15)8-14(21)16-11-5-6-26(22,23)9-11/h3-4,7,11H,5-6,8-9H2,1-2H3,(H,16,21)/t11-/m0/s1. The summed E-state index contributed by atoms with van der Waals surface area (Å²) >= 11 is 0.